The van der Waals surface area contributed by atoms with Crippen molar-refractivity contribution < 1.29 is 9.50 Å². The van der Waals surface area contributed by atoms with Gasteiger partial charge in [-0.25, -0.2) is 4.39 Å². The van der Waals surface area contributed by atoms with Crippen molar-refractivity contribution in [2.75, 3.05) is 11.9 Å². The van der Waals surface area contributed by atoms with Crippen molar-refractivity contribution in [2.24, 2.45) is 0 Å². The highest BCUT2D eigenvalue weighted by molar-refractivity contribution is 6.30. The highest BCUT2D eigenvalue weighted by Crippen LogP contribution is 2.32. The minimum absolute atomic E-state index is 0.0743. The van der Waals surface area contributed by atoms with Gasteiger partial charge in [0.1, 0.15) is 5.82 Å². The maximum absolute atomic E-state index is 13.4. The fraction of sp³-hybridized carbons (Fsp3) is 0.294. The van der Waals surface area contributed by atoms with E-state index in [9.17, 15) is 9.50 Å². The highest BCUT2D eigenvalue weighted by atomic mass is 35.5. The number of halogens is 2. The summed E-state index contributed by atoms with van der Waals surface area (Å²) in [5.74, 6) is -0.345. The summed E-state index contributed by atoms with van der Waals surface area (Å²) in [7, 11) is 1.93. The molecule has 112 valence electrons. The molecule has 4 heteroatoms. The number of rotatable bonds is 4. The van der Waals surface area contributed by atoms with E-state index in [4.69, 9.17) is 11.6 Å². The molecule has 0 aliphatic rings. The third kappa shape index (κ3) is 3.55. The molecule has 0 saturated heterocycles. The Balaban J connectivity index is 2.35. The van der Waals surface area contributed by atoms with Gasteiger partial charge in [-0.05, 0) is 49.7 Å². The summed E-state index contributed by atoms with van der Waals surface area (Å²) in [5, 5.41) is 10.6. The predicted molar refractivity (Wildman–Crippen MR) is 85.3 cm³/mol. The van der Waals surface area contributed by atoms with Gasteiger partial charge in [-0.2, -0.15) is 0 Å². The maximum Gasteiger partial charge on any atom is 0.123 e. The van der Waals surface area contributed by atoms with E-state index in [1.165, 1.54) is 12.1 Å². The summed E-state index contributed by atoms with van der Waals surface area (Å²) >= 11 is 5.91. The third-order valence-corrected chi connectivity index (χ3v) is 4.00. The molecule has 0 saturated carbocycles. The molecule has 2 aromatic rings. The van der Waals surface area contributed by atoms with Crippen LogP contribution in [0, 0.1) is 5.82 Å². The van der Waals surface area contributed by atoms with Crippen molar-refractivity contribution in [1.29, 1.82) is 0 Å². The Morgan fingerprint density at radius 3 is 2.29 bits per heavy atom. The van der Waals surface area contributed by atoms with Crippen LogP contribution in [0.15, 0.2) is 42.5 Å². The van der Waals surface area contributed by atoms with E-state index in [1.807, 2.05) is 36.2 Å². The molecule has 0 heterocycles. The van der Waals surface area contributed by atoms with Gasteiger partial charge in [-0.1, -0.05) is 23.7 Å². The smallest absolute Gasteiger partial charge is 0.123 e. The summed E-state index contributed by atoms with van der Waals surface area (Å²) in [5.41, 5.74) is 2.50. The van der Waals surface area contributed by atoms with Crippen LogP contribution in [0.1, 0.15) is 37.1 Å². The first-order valence-electron chi connectivity index (χ1n) is 6.86. The van der Waals surface area contributed by atoms with Crippen LogP contribution in [0.25, 0.3) is 0 Å². The Kier molecular flexibility index (Phi) is 4.86. The quantitative estimate of drug-likeness (QED) is 0.882. The van der Waals surface area contributed by atoms with Crippen LogP contribution in [0.5, 0.6) is 0 Å². The summed E-state index contributed by atoms with van der Waals surface area (Å²) in [6, 6.07) is 12.2. The first-order valence-corrected chi connectivity index (χ1v) is 7.23. The fourth-order valence-corrected chi connectivity index (χ4v) is 2.48. The largest absolute Gasteiger partial charge is 0.389 e. The molecular weight excluding hydrogens is 289 g/mol. The monoisotopic (exact) mass is 307 g/mol. The molecule has 0 bridgehead atoms. The third-order valence-electron chi connectivity index (χ3n) is 3.75. The fourth-order valence-electron chi connectivity index (χ4n) is 2.35. The van der Waals surface area contributed by atoms with E-state index in [-0.39, 0.29) is 11.9 Å². The molecule has 21 heavy (non-hydrogen) atoms. The number of nitrogens with zero attached hydrogens (tertiary/aromatic N) is 1. The van der Waals surface area contributed by atoms with Crippen LogP contribution in [-0.4, -0.2) is 12.2 Å². The van der Waals surface area contributed by atoms with Crippen LogP contribution >= 0.6 is 11.6 Å². The van der Waals surface area contributed by atoms with Crippen molar-refractivity contribution in [2.45, 2.75) is 26.0 Å². The molecule has 0 amide bonds. The second kappa shape index (κ2) is 6.46. The zero-order valence-electron chi connectivity index (χ0n) is 12.3. The van der Waals surface area contributed by atoms with Crippen molar-refractivity contribution in [3.8, 4) is 0 Å². The number of hydrogen-bond acceptors (Lipinski definition) is 2. The zero-order chi connectivity index (χ0) is 15.6. The van der Waals surface area contributed by atoms with Crippen LogP contribution < -0.4 is 4.90 Å². The van der Waals surface area contributed by atoms with E-state index in [2.05, 4.69) is 6.92 Å². The van der Waals surface area contributed by atoms with Gasteiger partial charge in [0.25, 0.3) is 0 Å². The summed E-state index contributed by atoms with van der Waals surface area (Å²) in [4.78, 5) is 2.02. The Morgan fingerprint density at radius 2 is 1.71 bits per heavy atom. The molecule has 0 aliphatic heterocycles. The normalized spacial score (nSPS) is 13.8. The van der Waals surface area contributed by atoms with Crippen molar-refractivity contribution >= 4 is 17.3 Å². The lowest BCUT2D eigenvalue weighted by Gasteiger charge is -2.30. The standard InChI is InChI=1S/C17H19ClFNO/c1-11(13-4-6-14(18)7-5-13)20(3)17-9-8-15(19)10-16(17)12(2)21/h4-12,21H,1-3H3/t11?,12-/m0/s1. The number of anilines is 1. The maximum atomic E-state index is 13.4. The van der Waals surface area contributed by atoms with E-state index in [0.717, 1.165) is 11.3 Å². The first-order chi connectivity index (χ1) is 9.90. The Labute approximate surface area is 129 Å². The van der Waals surface area contributed by atoms with Crippen LogP contribution in [-0.2, 0) is 0 Å². The van der Waals surface area contributed by atoms with Gasteiger partial charge in [0.15, 0.2) is 0 Å². The summed E-state index contributed by atoms with van der Waals surface area (Å²) in [6.45, 7) is 3.69. The van der Waals surface area contributed by atoms with Gasteiger partial charge in [0.2, 0.25) is 0 Å². The first kappa shape index (κ1) is 15.8. The second-order valence-electron chi connectivity index (χ2n) is 5.22. The molecule has 2 atom stereocenters. The molecular formula is C17H19ClFNO. The van der Waals surface area contributed by atoms with E-state index in [0.29, 0.717) is 10.6 Å². The van der Waals surface area contributed by atoms with E-state index < -0.39 is 6.10 Å². The van der Waals surface area contributed by atoms with Gasteiger partial charge in [0, 0.05) is 23.3 Å². The van der Waals surface area contributed by atoms with Gasteiger partial charge >= 0.3 is 0 Å². The van der Waals surface area contributed by atoms with Crippen LogP contribution in [0.2, 0.25) is 5.02 Å². The number of hydrogen-bond donors (Lipinski definition) is 1. The van der Waals surface area contributed by atoms with Crippen molar-refractivity contribution in [3.63, 3.8) is 0 Å². The molecule has 0 fully saturated rings. The summed E-state index contributed by atoms with van der Waals surface area (Å²) in [6.07, 6.45) is -0.726. The van der Waals surface area contributed by atoms with Crippen LogP contribution in [0.4, 0.5) is 10.1 Å². The minimum atomic E-state index is -0.726. The predicted octanol–water partition coefficient (Wildman–Crippen LogP) is 4.73. The lowest BCUT2D eigenvalue weighted by molar-refractivity contribution is 0.199. The lowest BCUT2D eigenvalue weighted by atomic mass is 10.0. The zero-order valence-corrected chi connectivity index (χ0v) is 13.1. The molecule has 2 aromatic carbocycles. The molecule has 0 aromatic heterocycles. The molecule has 2 rings (SSSR count). The van der Waals surface area contributed by atoms with Gasteiger partial charge < -0.3 is 10.0 Å². The van der Waals surface area contributed by atoms with Gasteiger partial charge in [0.05, 0.1) is 12.1 Å². The van der Waals surface area contributed by atoms with E-state index in [1.54, 1.807) is 13.0 Å². The van der Waals surface area contributed by atoms with Crippen LogP contribution in [0.3, 0.4) is 0 Å². The van der Waals surface area contributed by atoms with E-state index >= 15 is 0 Å². The minimum Gasteiger partial charge on any atom is -0.389 e. The topological polar surface area (TPSA) is 23.5 Å². The number of aliphatic hydroxyl groups is 1. The average molecular weight is 308 g/mol. The Hall–Kier alpha value is -1.58. The summed E-state index contributed by atoms with van der Waals surface area (Å²) < 4.78 is 13.4. The average Bonchev–Trinajstić information content (AvgIpc) is 2.46. The van der Waals surface area contributed by atoms with Crippen molar-refractivity contribution in [3.05, 3.63) is 64.4 Å². The molecule has 0 aliphatic carbocycles. The van der Waals surface area contributed by atoms with Gasteiger partial charge in [-0.15, -0.1) is 0 Å². The highest BCUT2D eigenvalue weighted by Gasteiger charge is 2.18. The Bertz CT molecular complexity index is 613. The second-order valence-corrected chi connectivity index (χ2v) is 5.65. The SMILES string of the molecule is CC(c1ccc(Cl)cc1)N(C)c1ccc(F)cc1[C@H](C)O. The Morgan fingerprint density at radius 1 is 1.10 bits per heavy atom. The molecule has 1 N–H and O–H groups in total. The number of aliphatic hydroxyl groups excluding tert-OH is 1. The molecule has 0 radical (unpaired) electrons. The van der Waals surface area contributed by atoms with Crippen molar-refractivity contribution in [1.82, 2.24) is 0 Å². The number of benzene rings is 2. The lowest BCUT2D eigenvalue weighted by Crippen LogP contribution is -2.23. The molecule has 0 spiro atoms. The molecule has 2 nitrogen and oxygen atoms in total. The van der Waals surface area contributed by atoms with Gasteiger partial charge in [-0.3, -0.25) is 0 Å². The molecule has 1 unspecified atom stereocenters.